The number of carbonyl (C=O) groups excluding carboxylic acids is 2. The third-order valence-corrected chi connectivity index (χ3v) is 4.66. The highest BCUT2D eigenvalue weighted by molar-refractivity contribution is 6.04. The number of fused-ring (bicyclic) bond motifs is 1. The number of rotatable bonds is 6. The Morgan fingerprint density at radius 3 is 3.04 bits per heavy atom. The van der Waals surface area contributed by atoms with E-state index < -0.39 is 0 Å². The van der Waals surface area contributed by atoms with E-state index in [1.807, 2.05) is 18.7 Å². The van der Waals surface area contributed by atoms with Crippen LogP contribution in [-0.4, -0.2) is 50.3 Å². The average Bonchev–Trinajstić information content (AvgIpc) is 3.25. The Kier molecular flexibility index (Phi) is 5.35. The second-order valence-corrected chi connectivity index (χ2v) is 6.96. The lowest BCUT2D eigenvalue weighted by Crippen LogP contribution is -2.34. The number of aromatic nitrogens is 3. The van der Waals surface area contributed by atoms with E-state index in [0.717, 1.165) is 31.5 Å². The summed E-state index contributed by atoms with van der Waals surface area (Å²) in [5, 5.41) is 2.88. The lowest BCUT2D eigenvalue weighted by atomic mass is 10.1. The first-order valence-corrected chi connectivity index (χ1v) is 9.06. The fourth-order valence-corrected chi connectivity index (χ4v) is 3.42. The molecule has 7 heteroatoms. The van der Waals surface area contributed by atoms with Crippen molar-refractivity contribution in [2.75, 3.05) is 6.54 Å². The summed E-state index contributed by atoms with van der Waals surface area (Å²) < 4.78 is 0. The molecule has 26 heavy (non-hydrogen) atoms. The van der Waals surface area contributed by atoms with Crippen LogP contribution in [0.15, 0.2) is 25.0 Å². The normalized spacial score (nSPS) is 17.0. The highest BCUT2D eigenvalue weighted by Crippen LogP contribution is 2.22. The zero-order chi connectivity index (χ0) is 18.7. The van der Waals surface area contributed by atoms with E-state index in [2.05, 4.69) is 26.8 Å². The Balaban J connectivity index is 1.73. The molecule has 7 nitrogen and oxygen atoms in total. The van der Waals surface area contributed by atoms with Gasteiger partial charge in [-0.05, 0) is 45.6 Å². The second kappa shape index (κ2) is 7.68. The van der Waals surface area contributed by atoms with E-state index in [-0.39, 0.29) is 23.9 Å². The van der Waals surface area contributed by atoms with Crippen LogP contribution in [0.4, 0.5) is 0 Å². The third-order valence-electron chi connectivity index (χ3n) is 4.66. The zero-order valence-corrected chi connectivity index (χ0v) is 15.3. The Labute approximate surface area is 152 Å². The van der Waals surface area contributed by atoms with Crippen LogP contribution >= 0.6 is 0 Å². The van der Waals surface area contributed by atoms with Gasteiger partial charge >= 0.3 is 0 Å². The van der Waals surface area contributed by atoms with E-state index >= 15 is 0 Å². The van der Waals surface area contributed by atoms with Gasteiger partial charge in [0.25, 0.3) is 5.91 Å². The van der Waals surface area contributed by atoms with Gasteiger partial charge in [0.05, 0.1) is 17.5 Å². The number of carbonyl (C=O) groups is 2. The van der Waals surface area contributed by atoms with Gasteiger partial charge < -0.3 is 15.2 Å². The van der Waals surface area contributed by atoms with Gasteiger partial charge in [0.15, 0.2) is 5.65 Å². The quantitative estimate of drug-likeness (QED) is 0.777. The van der Waals surface area contributed by atoms with Gasteiger partial charge in [-0.25, -0.2) is 9.97 Å². The van der Waals surface area contributed by atoms with Crippen molar-refractivity contribution in [3.8, 4) is 0 Å². The first-order valence-electron chi connectivity index (χ1n) is 9.06. The molecule has 1 atom stereocenters. The van der Waals surface area contributed by atoms with Crippen LogP contribution in [0.1, 0.15) is 49.2 Å². The SMILES string of the molecule is C=CC(=O)N1CCC[C@@H]1CCc1cnc2[nH]cc(C(=O)NC(C)C)c2n1. The van der Waals surface area contributed by atoms with Crippen molar-refractivity contribution in [3.05, 3.63) is 36.3 Å². The number of nitrogens with one attached hydrogen (secondary N) is 2. The van der Waals surface area contributed by atoms with Crippen molar-refractivity contribution in [2.24, 2.45) is 0 Å². The highest BCUT2D eigenvalue weighted by Gasteiger charge is 2.27. The molecule has 0 radical (unpaired) electrons. The van der Waals surface area contributed by atoms with E-state index in [0.29, 0.717) is 23.1 Å². The summed E-state index contributed by atoms with van der Waals surface area (Å²) in [6.07, 6.45) is 8.32. The number of hydrogen-bond acceptors (Lipinski definition) is 4. The van der Waals surface area contributed by atoms with Crippen LogP contribution in [0.2, 0.25) is 0 Å². The number of aryl methyl sites for hydroxylation is 1. The summed E-state index contributed by atoms with van der Waals surface area (Å²) in [7, 11) is 0. The Morgan fingerprint density at radius 1 is 1.50 bits per heavy atom. The minimum Gasteiger partial charge on any atom is -0.350 e. The fourth-order valence-electron chi connectivity index (χ4n) is 3.42. The van der Waals surface area contributed by atoms with Crippen molar-refractivity contribution in [1.82, 2.24) is 25.2 Å². The number of aromatic amines is 1. The molecule has 1 aliphatic rings. The predicted molar refractivity (Wildman–Crippen MR) is 99.7 cm³/mol. The Morgan fingerprint density at radius 2 is 2.31 bits per heavy atom. The summed E-state index contributed by atoms with van der Waals surface area (Å²) in [4.78, 5) is 38.1. The smallest absolute Gasteiger partial charge is 0.255 e. The van der Waals surface area contributed by atoms with Crippen molar-refractivity contribution in [1.29, 1.82) is 0 Å². The molecule has 0 aliphatic carbocycles. The van der Waals surface area contributed by atoms with Crippen LogP contribution in [-0.2, 0) is 11.2 Å². The van der Waals surface area contributed by atoms with E-state index in [1.165, 1.54) is 6.08 Å². The molecule has 0 spiro atoms. The maximum atomic E-state index is 12.3. The van der Waals surface area contributed by atoms with Gasteiger partial charge in [0.1, 0.15) is 5.52 Å². The first-order chi connectivity index (χ1) is 12.5. The fraction of sp³-hybridized carbons (Fsp3) is 0.474. The molecular formula is C19H25N5O2. The average molecular weight is 355 g/mol. The maximum absolute atomic E-state index is 12.3. The molecule has 138 valence electrons. The van der Waals surface area contributed by atoms with Crippen molar-refractivity contribution in [2.45, 2.75) is 51.6 Å². The Hall–Kier alpha value is -2.70. The minimum absolute atomic E-state index is 0.00712. The van der Waals surface area contributed by atoms with Crippen molar-refractivity contribution < 1.29 is 9.59 Å². The lowest BCUT2D eigenvalue weighted by molar-refractivity contribution is -0.126. The number of nitrogens with zero attached hydrogens (tertiary/aromatic N) is 3. The molecular weight excluding hydrogens is 330 g/mol. The number of H-pyrrole nitrogens is 1. The predicted octanol–water partition coefficient (Wildman–Crippen LogP) is 2.21. The standard InChI is InChI=1S/C19H25N5O2/c1-4-16(25)24-9-5-6-14(24)8-7-13-10-20-18-17(23-13)15(11-21-18)19(26)22-12(2)3/h4,10-12,14H,1,5-9H2,2-3H3,(H,20,21)(H,22,26)/t14-/m1/s1. The summed E-state index contributed by atoms with van der Waals surface area (Å²) in [5.41, 5.74) is 2.53. The maximum Gasteiger partial charge on any atom is 0.255 e. The van der Waals surface area contributed by atoms with E-state index in [9.17, 15) is 9.59 Å². The molecule has 1 saturated heterocycles. The van der Waals surface area contributed by atoms with E-state index in [1.54, 1.807) is 12.4 Å². The van der Waals surface area contributed by atoms with Crippen LogP contribution < -0.4 is 5.32 Å². The molecule has 3 heterocycles. The molecule has 0 aromatic carbocycles. The van der Waals surface area contributed by atoms with Gasteiger partial charge in [-0.15, -0.1) is 0 Å². The molecule has 2 aromatic rings. The molecule has 0 unspecified atom stereocenters. The van der Waals surface area contributed by atoms with Crippen LogP contribution in [0, 0.1) is 0 Å². The minimum atomic E-state index is -0.156. The van der Waals surface area contributed by atoms with Gasteiger partial charge in [0, 0.05) is 24.8 Å². The molecule has 1 fully saturated rings. The second-order valence-electron chi connectivity index (χ2n) is 6.96. The lowest BCUT2D eigenvalue weighted by Gasteiger charge is -2.23. The largest absolute Gasteiger partial charge is 0.350 e. The first kappa shape index (κ1) is 18.1. The molecule has 0 bridgehead atoms. The summed E-state index contributed by atoms with van der Waals surface area (Å²) in [6.45, 7) is 8.20. The van der Waals surface area contributed by atoms with Crippen LogP contribution in [0.25, 0.3) is 11.2 Å². The van der Waals surface area contributed by atoms with E-state index in [4.69, 9.17) is 0 Å². The topological polar surface area (TPSA) is 91.0 Å². The van der Waals surface area contributed by atoms with Gasteiger partial charge in [0.2, 0.25) is 5.91 Å². The monoisotopic (exact) mass is 355 g/mol. The summed E-state index contributed by atoms with van der Waals surface area (Å²) >= 11 is 0. The van der Waals surface area contributed by atoms with Gasteiger partial charge in [-0.1, -0.05) is 6.58 Å². The molecule has 1 aliphatic heterocycles. The number of hydrogen-bond donors (Lipinski definition) is 2. The Bertz CT molecular complexity index is 826. The molecule has 2 aromatic heterocycles. The highest BCUT2D eigenvalue weighted by atomic mass is 16.2. The van der Waals surface area contributed by atoms with Crippen LogP contribution in [0.3, 0.4) is 0 Å². The molecule has 3 rings (SSSR count). The summed E-state index contributed by atoms with van der Waals surface area (Å²) in [5.74, 6) is -0.163. The molecule has 0 saturated carbocycles. The molecule has 2 N–H and O–H groups in total. The molecule has 2 amide bonds. The van der Waals surface area contributed by atoms with Crippen molar-refractivity contribution in [3.63, 3.8) is 0 Å². The van der Waals surface area contributed by atoms with Gasteiger partial charge in [-0.3, -0.25) is 9.59 Å². The zero-order valence-electron chi connectivity index (χ0n) is 15.3. The number of amides is 2. The van der Waals surface area contributed by atoms with Crippen LogP contribution in [0.5, 0.6) is 0 Å². The number of likely N-dealkylation sites (tertiary alicyclic amines) is 1. The van der Waals surface area contributed by atoms with Crippen molar-refractivity contribution >= 4 is 23.0 Å². The summed E-state index contributed by atoms with van der Waals surface area (Å²) in [6, 6.07) is 0.271. The third kappa shape index (κ3) is 3.76. The van der Waals surface area contributed by atoms with Gasteiger partial charge in [-0.2, -0.15) is 0 Å².